The van der Waals surface area contributed by atoms with Gasteiger partial charge in [-0.05, 0) is 49.8 Å². The predicted molar refractivity (Wildman–Crippen MR) is 93.3 cm³/mol. The molecular weight excluding hydrogens is 321 g/mol. The van der Waals surface area contributed by atoms with Crippen molar-refractivity contribution in [1.82, 2.24) is 4.90 Å². The average molecular weight is 345 g/mol. The van der Waals surface area contributed by atoms with Gasteiger partial charge < -0.3 is 10.0 Å². The molecule has 2 unspecified atom stereocenters. The van der Waals surface area contributed by atoms with E-state index in [0.717, 1.165) is 31.2 Å². The van der Waals surface area contributed by atoms with Crippen LogP contribution in [-0.2, 0) is 9.59 Å². The van der Waals surface area contributed by atoms with Gasteiger partial charge in [0.25, 0.3) is 0 Å². The number of halogens is 1. The minimum absolute atomic E-state index is 0.107. The van der Waals surface area contributed by atoms with E-state index in [9.17, 15) is 19.1 Å². The zero-order valence-electron chi connectivity index (χ0n) is 14.3. The van der Waals surface area contributed by atoms with Gasteiger partial charge in [0.1, 0.15) is 5.82 Å². The Balaban J connectivity index is 1.56. The van der Waals surface area contributed by atoms with Crippen molar-refractivity contribution < 1.29 is 19.1 Å². The first-order chi connectivity index (χ1) is 12.0. The van der Waals surface area contributed by atoms with Crippen molar-refractivity contribution in [3.05, 3.63) is 41.2 Å². The molecule has 1 aliphatic carbocycles. The van der Waals surface area contributed by atoms with E-state index in [1.54, 1.807) is 6.07 Å². The van der Waals surface area contributed by atoms with Crippen LogP contribution in [0.5, 0.6) is 0 Å². The van der Waals surface area contributed by atoms with E-state index in [2.05, 4.69) is 0 Å². The highest BCUT2D eigenvalue weighted by Crippen LogP contribution is 2.31. The molecule has 4 nitrogen and oxygen atoms in total. The Morgan fingerprint density at radius 3 is 2.56 bits per heavy atom. The number of amides is 1. The molecule has 1 aromatic carbocycles. The monoisotopic (exact) mass is 345 g/mol. The van der Waals surface area contributed by atoms with Gasteiger partial charge in [0.2, 0.25) is 5.91 Å². The maximum absolute atomic E-state index is 13.3. The number of carbonyl (C=O) groups excluding carboxylic acids is 1. The van der Waals surface area contributed by atoms with Crippen molar-refractivity contribution in [3.63, 3.8) is 0 Å². The molecule has 1 aliphatic heterocycles. The Kier molecular flexibility index (Phi) is 5.51. The fraction of sp³-hybridized carbons (Fsp3) is 0.500. The Morgan fingerprint density at radius 2 is 1.88 bits per heavy atom. The summed E-state index contributed by atoms with van der Waals surface area (Å²) in [5.41, 5.74) is 2.08. The largest absolute Gasteiger partial charge is 0.481 e. The Labute approximate surface area is 147 Å². The predicted octanol–water partition coefficient (Wildman–Crippen LogP) is 3.72. The zero-order chi connectivity index (χ0) is 17.8. The topological polar surface area (TPSA) is 57.6 Å². The summed E-state index contributed by atoms with van der Waals surface area (Å²) >= 11 is 0. The molecule has 1 saturated heterocycles. The summed E-state index contributed by atoms with van der Waals surface area (Å²) < 4.78 is 13.3. The van der Waals surface area contributed by atoms with Gasteiger partial charge in [-0.2, -0.15) is 0 Å². The molecule has 2 fully saturated rings. The number of hydrogen-bond acceptors (Lipinski definition) is 2. The van der Waals surface area contributed by atoms with Gasteiger partial charge in [-0.15, -0.1) is 0 Å². The van der Waals surface area contributed by atoms with E-state index in [4.69, 9.17) is 0 Å². The fourth-order valence-electron chi connectivity index (χ4n) is 3.89. The first-order valence-corrected chi connectivity index (χ1v) is 8.99. The molecule has 25 heavy (non-hydrogen) atoms. The lowest BCUT2D eigenvalue weighted by atomic mass is 9.80. The molecule has 0 bridgehead atoms. The number of piperidine rings is 1. The Hall–Kier alpha value is -2.17. The molecule has 2 aliphatic rings. The molecule has 1 aromatic rings. The molecule has 1 heterocycles. The number of hydrogen-bond donors (Lipinski definition) is 1. The molecule has 5 heteroatoms. The third-order valence-electron chi connectivity index (χ3n) is 5.31. The highest BCUT2D eigenvalue weighted by molar-refractivity contribution is 5.80. The van der Waals surface area contributed by atoms with Crippen LogP contribution in [0.25, 0.3) is 6.08 Å². The summed E-state index contributed by atoms with van der Waals surface area (Å²) in [7, 11) is 0. The highest BCUT2D eigenvalue weighted by atomic mass is 19.1. The lowest BCUT2D eigenvalue weighted by molar-refractivity contribution is -0.145. The number of carbonyl (C=O) groups is 2. The van der Waals surface area contributed by atoms with Gasteiger partial charge in [-0.1, -0.05) is 30.2 Å². The van der Waals surface area contributed by atoms with E-state index in [1.807, 2.05) is 17.0 Å². The molecule has 2 atom stereocenters. The van der Waals surface area contributed by atoms with Crippen molar-refractivity contribution in [2.24, 2.45) is 11.8 Å². The van der Waals surface area contributed by atoms with Crippen LogP contribution in [-0.4, -0.2) is 35.0 Å². The second-order valence-electron chi connectivity index (χ2n) is 7.08. The average Bonchev–Trinajstić information content (AvgIpc) is 2.62. The third-order valence-corrected chi connectivity index (χ3v) is 5.31. The Morgan fingerprint density at radius 1 is 1.16 bits per heavy atom. The van der Waals surface area contributed by atoms with E-state index < -0.39 is 5.97 Å². The molecule has 0 spiro atoms. The van der Waals surface area contributed by atoms with Crippen molar-refractivity contribution in [1.29, 1.82) is 0 Å². The summed E-state index contributed by atoms with van der Waals surface area (Å²) in [5.74, 6) is -1.45. The first kappa shape index (κ1) is 17.6. The SMILES string of the molecule is O=C(O)C1CCCC(C(=O)N2CCC(=Cc3cccc(F)c3)CC2)C1. The van der Waals surface area contributed by atoms with E-state index >= 15 is 0 Å². The maximum Gasteiger partial charge on any atom is 0.306 e. The van der Waals surface area contributed by atoms with Crippen LogP contribution in [0.15, 0.2) is 29.8 Å². The van der Waals surface area contributed by atoms with Crippen LogP contribution in [0, 0.1) is 17.7 Å². The number of likely N-dealkylation sites (tertiary alicyclic amines) is 1. The second kappa shape index (κ2) is 7.81. The molecule has 1 amide bonds. The zero-order valence-corrected chi connectivity index (χ0v) is 14.3. The normalized spacial score (nSPS) is 24.0. The van der Waals surface area contributed by atoms with Gasteiger partial charge in [0, 0.05) is 19.0 Å². The smallest absolute Gasteiger partial charge is 0.306 e. The van der Waals surface area contributed by atoms with Crippen LogP contribution in [0.1, 0.15) is 44.1 Å². The van der Waals surface area contributed by atoms with Gasteiger partial charge in [-0.3, -0.25) is 9.59 Å². The van der Waals surface area contributed by atoms with Crippen molar-refractivity contribution in [2.45, 2.75) is 38.5 Å². The summed E-state index contributed by atoms with van der Waals surface area (Å²) in [6.45, 7) is 1.32. The first-order valence-electron chi connectivity index (χ1n) is 8.99. The molecule has 3 rings (SSSR count). The van der Waals surface area contributed by atoms with Gasteiger partial charge in [0.05, 0.1) is 5.92 Å². The molecule has 0 radical (unpaired) electrons. The van der Waals surface area contributed by atoms with Crippen LogP contribution in [0.2, 0.25) is 0 Å². The van der Waals surface area contributed by atoms with Gasteiger partial charge in [-0.25, -0.2) is 4.39 Å². The quantitative estimate of drug-likeness (QED) is 0.908. The summed E-state index contributed by atoms with van der Waals surface area (Å²) in [4.78, 5) is 25.7. The minimum atomic E-state index is -0.781. The van der Waals surface area contributed by atoms with E-state index in [1.165, 1.54) is 17.7 Å². The number of carboxylic acids is 1. The standard InChI is InChI=1S/C20H24FNO3/c21-18-6-1-3-15(12-18)11-14-7-9-22(10-8-14)19(23)16-4-2-5-17(13-16)20(24)25/h1,3,6,11-12,16-17H,2,4-5,7-10,13H2,(H,24,25). The van der Waals surface area contributed by atoms with Crippen LogP contribution in [0.3, 0.4) is 0 Å². The van der Waals surface area contributed by atoms with Crippen LogP contribution in [0.4, 0.5) is 4.39 Å². The summed E-state index contributed by atoms with van der Waals surface area (Å²) in [5, 5.41) is 9.18. The van der Waals surface area contributed by atoms with Crippen LogP contribution < -0.4 is 0 Å². The minimum Gasteiger partial charge on any atom is -0.481 e. The van der Waals surface area contributed by atoms with Gasteiger partial charge >= 0.3 is 5.97 Å². The number of carboxylic acid groups (broad SMARTS) is 1. The van der Waals surface area contributed by atoms with Gasteiger partial charge in [0.15, 0.2) is 0 Å². The molecule has 134 valence electrons. The molecule has 1 saturated carbocycles. The van der Waals surface area contributed by atoms with Crippen molar-refractivity contribution in [3.8, 4) is 0 Å². The Bertz CT molecular complexity index is 675. The summed E-state index contributed by atoms with van der Waals surface area (Å²) in [6.07, 6.45) is 6.34. The number of benzene rings is 1. The van der Waals surface area contributed by atoms with E-state index in [0.29, 0.717) is 25.9 Å². The molecule has 1 N–H and O–H groups in total. The fourth-order valence-corrected chi connectivity index (χ4v) is 3.89. The number of rotatable bonds is 3. The third kappa shape index (κ3) is 4.47. The van der Waals surface area contributed by atoms with Crippen molar-refractivity contribution in [2.75, 3.05) is 13.1 Å². The maximum atomic E-state index is 13.3. The number of aliphatic carboxylic acids is 1. The van der Waals surface area contributed by atoms with Crippen molar-refractivity contribution >= 4 is 18.0 Å². The lowest BCUT2D eigenvalue weighted by Crippen LogP contribution is -2.42. The van der Waals surface area contributed by atoms with Crippen LogP contribution >= 0.6 is 0 Å². The highest BCUT2D eigenvalue weighted by Gasteiger charge is 2.33. The van der Waals surface area contributed by atoms with E-state index in [-0.39, 0.29) is 23.6 Å². The molecule has 0 aromatic heterocycles. The second-order valence-corrected chi connectivity index (χ2v) is 7.08. The summed E-state index contributed by atoms with van der Waals surface area (Å²) in [6, 6.07) is 6.51. The molecular formula is C20H24FNO3. The number of nitrogens with zero attached hydrogens (tertiary/aromatic N) is 1. The lowest BCUT2D eigenvalue weighted by Gasteiger charge is -2.34.